The topological polar surface area (TPSA) is 48.2 Å². The van der Waals surface area contributed by atoms with Crippen LogP contribution in [-0.2, 0) is 0 Å². The predicted octanol–water partition coefficient (Wildman–Crippen LogP) is 13.3. The third-order valence-corrected chi connectivity index (χ3v) is 10.4. The number of hydrogen-bond donors (Lipinski definition) is 2. The van der Waals surface area contributed by atoms with Gasteiger partial charge in [-0.25, -0.2) is 4.99 Å². The van der Waals surface area contributed by atoms with E-state index >= 15 is 0 Å². The highest BCUT2D eigenvalue weighted by Crippen LogP contribution is 2.32. The quantitative estimate of drug-likeness (QED) is 0.111. The van der Waals surface area contributed by atoms with E-state index in [2.05, 4.69) is 176 Å². The fraction of sp³-hybridized carbons (Fsp3) is 0.200. The summed E-state index contributed by atoms with van der Waals surface area (Å²) in [6.07, 6.45) is 38.6. The lowest BCUT2D eigenvalue weighted by Crippen LogP contribution is -2.25. The lowest BCUT2D eigenvalue weighted by atomic mass is 9.85. The Morgan fingerprint density at radius 1 is 0.755 bits per heavy atom. The summed E-state index contributed by atoms with van der Waals surface area (Å²) in [6.45, 7) is 4.51. The molecule has 0 spiro atoms. The lowest BCUT2D eigenvalue weighted by Gasteiger charge is -2.22. The highest BCUT2D eigenvalue weighted by Gasteiger charge is 2.23. The largest absolute Gasteiger partial charge is 0.362 e. The zero-order valence-electron chi connectivity index (χ0n) is 30.6. The number of rotatable bonds is 12. The van der Waals surface area contributed by atoms with E-state index in [9.17, 15) is 5.41 Å². The summed E-state index contributed by atoms with van der Waals surface area (Å²) in [6, 6.07) is 27.9. The molecular formula is C50H49N3. The minimum Gasteiger partial charge on any atom is -0.362 e. The molecule has 264 valence electrons. The van der Waals surface area contributed by atoms with E-state index in [1.165, 1.54) is 33.4 Å². The maximum atomic E-state index is 9.28. The van der Waals surface area contributed by atoms with Gasteiger partial charge >= 0.3 is 0 Å². The number of anilines is 1. The predicted molar refractivity (Wildman–Crippen MR) is 227 cm³/mol. The van der Waals surface area contributed by atoms with Crippen LogP contribution in [0.25, 0.3) is 22.3 Å². The first-order valence-electron chi connectivity index (χ1n) is 19.1. The van der Waals surface area contributed by atoms with Gasteiger partial charge in [-0.15, -0.1) is 0 Å². The molecule has 2 unspecified atom stereocenters. The van der Waals surface area contributed by atoms with Gasteiger partial charge in [-0.2, -0.15) is 0 Å². The van der Waals surface area contributed by atoms with Crippen molar-refractivity contribution in [3.8, 4) is 22.3 Å². The number of hydrogen-bond acceptors (Lipinski definition) is 3. The van der Waals surface area contributed by atoms with E-state index in [1.54, 1.807) is 0 Å². The van der Waals surface area contributed by atoms with Crippen LogP contribution < -0.4 is 5.32 Å². The van der Waals surface area contributed by atoms with Crippen molar-refractivity contribution in [1.29, 1.82) is 5.41 Å². The van der Waals surface area contributed by atoms with Crippen LogP contribution in [0.5, 0.6) is 0 Å². The van der Waals surface area contributed by atoms with Crippen molar-refractivity contribution >= 4 is 17.1 Å². The molecule has 0 heterocycles. The summed E-state index contributed by atoms with van der Waals surface area (Å²) in [5.41, 5.74) is 12.9. The fourth-order valence-electron chi connectivity index (χ4n) is 7.41. The molecule has 3 aromatic carbocycles. The zero-order chi connectivity index (χ0) is 36.2. The smallest absolute Gasteiger partial charge is 0.0882 e. The Bertz CT molecular complexity index is 2140. The van der Waals surface area contributed by atoms with Crippen LogP contribution >= 0.6 is 0 Å². The molecule has 0 aliphatic heterocycles. The standard InChI is InChI=1S/C50H49N3/c1-37(38-17-6-2-7-18-38)33-46(31-32-52-47-29-15-27-44(35-47)43-26-14-25-42(34-43)39-19-8-3-9-20-39)45-28-16-30-48(36-45)53-50(41-23-12-5-13-24-41)49(51)40-21-10-4-11-22-40/h2-3,5-6,8-10,12,14-17,19-21,23,25-27,29-36,40,45,51-52H,1,4,7,11,13,18,22,24,28H2/b32-31-,46-33+,51-49?,53-50?. The summed E-state index contributed by atoms with van der Waals surface area (Å²) in [4.78, 5) is 5.25. The first-order valence-corrected chi connectivity index (χ1v) is 19.1. The highest BCUT2D eigenvalue weighted by molar-refractivity contribution is 6.48. The molecule has 0 bridgehead atoms. The number of allylic oxidation sites excluding steroid dienone is 17. The SMILES string of the molecule is C=C(/C=C(\C=C/Nc1cccc(-c2cccc(-c3ccccc3)c2)c1)C1C=C(N=C(C(=N)C2C=CCCC2)C2=CC=CCC2)C=CC1)C1=CC=CCC1. The van der Waals surface area contributed by atoms with Crippen molar-refractivity contribution in [2.24, 2.45) is 16.8 Å². The van der Waals surface area contributed by atoms with Crippen LogP contribution in [0.4, 0.5) is 5.69 Å². The van der Waals surface area contributed by atoms with Gasteiger partial charge in [0.25, 0.3) is 0 Å². The molecule has 0 aromatic heterocycles. The second-order valence-electron chi connectivity index (χ2n) is 14.2. The van der Waals surface area contributed by atoms with Gasteiger partial charge in [-0.05, 0) is 126 Å². The van der Waals surface area contributed by atoms with Gasteiger partial charge in [0.1, 0.15) is 0 Å². The highest BCUT2D eigenvalue weighted by atomic mass is 14.8. The molecule has 0 fully saturated rings. The molecule has 3 nitrogen and oxygen atoms in total. The normalized spacial score (nSPS) is 20.2. The van der Waals surface area contributed by atoms with Gasteiger partial charge in [0.15, 0.2) is 0 Å². The van der Waals surface area contributed by atoms with Crippen LogP contribution in [-0.4, -0.2) is 11.4 Å². The van der Waals surface area contributed by atoms with Crippen molar-refractivity contribution in [2.75, 3.05) is 5.32 Å². The van der Waals surface area contributed by atoms with Crippen molar-refractivity contribution < 1.29 is 0 Å². The van der Waals surface area contributed by atoms with Crippen LogP contribution in [0.1, 0.15) is 51.4 Å². The molecule has 0 saturated heterocycles. The van der Waals surface area contributed by atoms with E-state index in [0.29, 0.717) is 5.71 Å². The van der Waals surface area contributed by atoms with Crippen LogP contribution in [0.15, 0.2) is 204 Å². The van der Waals surface area contributed by atoms with E-state index < -0.39 is 0 Å². The molecule has 53 heavy (non-hydrogen) atoms. The van der Waals surface area contributed by atoms with Gasteiger partial charge in [0, 0.05) is 23.7 Å². The monoisotopic (exact) mass is 691 g/mol. The Hall–Kier alpha value is -5.80. The third kappa shape index (κ3) is 9.36. The summed E-state index contributed by atoms with van der Waals surface area (Å²) in [5, 5.41) is 12.8. The molecule has 7 rings (SSSR count). The van der Waals surface area contributed by atoms with E-state index in [-0.39, 0.29) is 11.8 Å². The molecule has 2 N–H and O–H groups in total. The van der Waals surface area contributed by atoms with Crippen molar-refractivity contribution in [3.05, 3.63) is 199 Å². The maximum Gasteiger partial charge on any atom is 0.0882 e. The summed E-state index contributed by atoms with van der Waals surface area (Å²) < 4.78 is 0. The molecule has 4 aliphatic carbocycles. The number of benzene rings is 3. The summed E-state index contributed by atoms with van der Waals surface area (Å²) in [7, 11) is 0. The summed E-state index contributed by atoms with van der Waals surface area (Å²) >= 11 is 0. The first kappa shape index (κ1) is 35.6. The molecule has 0 amide bonds. The first-order chi connectivity index (χ1) is 26.1. The van der Waals surface area contributed by atoms with Crippen LogP contribution in [0.3, 0.4) is 0 Å². The number of nitrogens with one attached hydrogen (secondary N) is 2. The number of nitrogens with zero attached hydrogens (tertiary/aromatic N) is 1. The van der Waals surface area contributed by atoms with E-state index in [0.717, 1.165) is 79.6 Å². The molecule has 2 atom stereocenters. The van der Waals surface area contributed by atoms with Gasteiger partial charge in [0.2, 0.25) is 0 Å². The zero-order valence-corrected chi connectivity index (χ0v) is 30.6. The Morgan fingerprint density at radius 2 is 1.47 bits per heavy atom. The van der Waals surface area contributed by atoms with Crippen LogP contribution in [0, 0.1) is 17.2 Å². The molecule has 3 heteroatoms. The van der Waals surface area contributed by atoms with Crippen molar-refractivity contribution in [1.82, 2.24) is 0 Å². The van der Waals surface area contributed by atoms with Gasteiger partial charge < -0.3 is 10.7 Å². The lowest BCUT2D eigenvalue weighted by molar-refractivity contribution is 0.656. The molecule has 3 aromatic rings. The van der Waals surface area contributed by atoms with E-state index in [1.807, 2.05) is 0 Å². The Balaban J connectivity index is 1.16. The van der Waals surface area contributed by atoms with Crippen molar-refractivity contribution in [2.45, 2.75) is 51.4 Å². The molecule has 0 radical (unpaired) electrons. The second-order valence-corrected chi connectivity index (χ2v) is 14.2. The van der Waals surface area contributed by atoms with Gasteiger partial charge in [-0.3, -0.25) is 0 Å². The summed E-state index contributed by atoms with van der Waals surface area (Å²) in [5.74, 6) is 0.237. The minimum absolute atomic E-state index is 0.116. The Labute approximate surface area is 315 Å². The minimum atomic E-state index is 0.116. The maximum absolute atomic E-state index is 9.28. The van der Waals surface area contributed by atoms with E-state index in [4.69, 9.17) is 4.99 Å². The van der Waals surface area contributed by atoms with Gasteiger partial charge in [-0.1, -0.05) is 134 Å². The molecule has 4 aliphatic rings. The average Bonchev–Trinajstić information content (AvgIpc) is 3.23. The van der Waals surface area contributed by atoms with Crippen LogP contribution in [0.2, 0.25) is 0 Å². The Kier molecular flexibility index (Phi) is 11.8. The average molecular weight is 692 g/mol. The van der Waals surface area contributed by atoms with Crippen molar-refractivity contribution in [3.63, 3.8) is 0 Å². The second kappa shape index (κ2) is 17.6. The number of aliphatic imine (C=N–C) groups is 1. The third-order valence-electron chi connectivity index (χ3n) is 10.4. The molecule has 0 saturated carbocycles. The Morgan fingerprint density at radius 3 is 2.21 bits per heavy atom. The van der Waals surface area contributed by atoms with Gasteiger partial charge in [0.05, 0.1) is 17.1 Å². The molecular weight excluding hydrogens is 643 g/mol. The fourth-order valence-corrected chi connectivity index (χ4v) is 7.41.